The van der Waals surface area contributed by atoms with Gasteiger partial charge in [-0.25, -0.2) is 14.3 Å². The lowest BCUT2D eigenvalue weighted by Crippen LogP contribution is -2.43. The van der Waals surface area contributed by atoms with Gasteiger partial charge in [-0.15, -0.1) is 0 Å². The molecule has 0 aromatic carbocycles. The summed E-state index contributed by atoms with van der Waals surface area (Å²) in [7, 11) is -2.91. The number of hydrazine groups is 1. The molecule has 1 atom stereocenters. The molecule has 0 radical (unpaired) electrons. The summed E-state index contributed by atoms with van der Waals surface area (Å²) >= 11 is 0. The second-order valence-corrected chi connectivity index (χ2v) is 6.78. The minimum Gasteiger partial charge on any atom is -0.353 e. The molecule has 0 spiro atoms. The molecule has 1 aliphatic heterocycles. The second-order valence-electron chi connectivity index (χ2n) is 4.38. The smallest absolute Gasteiger partial charge is 0.205 e. The van der Waals surface area contributed by atoms with E-state index in [2.05, 4.69) is 15.7 Å². The fourth-order valence-electron chi connectivity index (χ4n) is 1.81. The van der Waals surface area contributed by atoms with Gasteiger partial charge in [0.05, 0.1) is 17.5 Å². The lowest BCUT2D eigenvalue weighted by Gasteiger charge is -2.10. The summed E-state index contributed by atoms with van der Waals surface area (Å²) in [6, 6.07) is 0.454. The molecule has 0 amide bonds. The third-order valence-corrected chi connectivity index (χ3v) is 5.23. The minimum atomic E-state index is -2.91. The molecule has 92 valence electrons. The normalized spacial score (nSPS) is 29.1. The van der Waals surface area contributed by atoms with Crippen LogP contribution in [0.15, 0.2) is 4.99 Å². The number of hydrogen-bond acceptors (Lipinski definition) is 4. The number of sulfone groups is 1. The van der Waals surface area contributed by atoms with Gasteiger partial charge in [0, 0.05) is 6.04 Å². The highest BCUT2D eigenvalue weighted by atomic mass is 32.2. The van der Waals surface area contributed by atoms with Gasteiger partial charge in [0.2, 0.25) is 5.96 Å². The summed E-state index contributed by atoms with van der Waals surface area (Å²) in [5, 5.41) is 2.79. The maximum Gasteiger partial charge on any atom is 0.205 e. The van der Waals surface area contributed by atoms with Crippen molar-refractivity contribution in [3.63, 3.8) is 0 Å². The van der Waals surface area contributed by atoms with Crippen molar-refractivity contribution >= 4 is 15.8 Å². The molecule has 2 aliphatic rings. The standard InChI is InChI=1S/C9H18N4O2S/c10-13-9(12-7-3-4-7)11-6-8-2-1-5-16(8,14)15/h7-8H,1-6,10H2,(H2,11,12,13). The van der Waals surface area contributed by atoms with E-state index in [0.29, 0.717) is 30.7 Å². The second kappa shape index (κ2) is 4.58. The molecule has 0 aromatic rings. The first kappa shape index (κ1) is 11.7. The first-order valence-electron chi connectivity index (χ1n) is 5.61. The van der Waals surface area contributed by atoms with Gasteiger partial charge in [0.1, 0.15) is 0 Å². The fourth-order valence-corrected chi connectivity index (χ4v) is 3.54. The molecule has 1 aliphatic carbocycles. The van der Waals surface area contributed by atoms with Crippen molar-refractivity contribution in [2.45, 2.75) is 37.0 Å². The van der Waals surface area contributed by atoms with E-state index < -0.39 is 9.84 Å². The highest BCUT2D eigenvalue weighted by Crippen LogP contribution is 2.20. The van der Waals surface area contributed by atoms with Gasteiger partial charge < -0.3 is 5.32 Å². The number of guanidine groups is 1. The number of hydrogen-bond donors (Lipinski definition) is 3. The predicted octanol–water partition coefficient (Wildman–Crippen LogP) is -0.865. The van der Waals surface area contributed by atoms with Crippen LogP contribution in [0.4, 0.5) is 0 Å². The van der Waals surface area contributed by atoms with Gasteiger partial charge in [-0.1, -0.05) is 0 Å². The Morgan fingerprint density at radius 1 is 1.38 bits per heavy atom. The molecular formula is C9H18N4O2S. The molecule has 1 saturated carbocycles. The van der Waals surface area contributed by atoms with Crippen molar-refractivity contribution in [1.82, 2.24) is 10.7 Å². The molecule has 0 bridgehead atoms. The van der Waals surface area contributed by atoms with Crippen molar-refractivity contribution in [1.29, 1.82) is 0 Å². The van der Waals surface area contributed by atoms with E-state index in [9.17, 15) is 8.42 Å². The fraction of sp³-hybridized carbons (Fsp3) is 0.889. The summed E-state index contributed by atoms with van der Waals surface area (Å²) in [5.74, 6) is 6.11. The largest absolute Gasteiger partial charge is 0.353 e. The van der Waals surface area contributed by atoms with Crippen molar-refractivity contribution < 1.29 is 8.42 Å². The topological polar surface area (TPSA) is 96.6 Å². The Morgan fingerprint density at radius 2 is 2.12 bits per heavy atom. The van der Waals surface area contributed by atoms with Gasteiger partial charge in [-0.2, -0.15) is 0 Å². The van der Waals surface area contributed by atoms with Gasteiger partial charge in [-0.3, -0.25) is 10.4 Å². The summed E-state index contributed by atoms with van der Waals surface area (Å²) in [6.45, 7) is 0.307. The summed E-state index contributed by atoms with van der Waals surface area (Å²) < 4.78 is 23.1. The van der Waals surface area contributed by atoms with Crippen LogP contribution in [-0.4, -0.2) is 38.0 Å². The Hall–Kier alpha value is -0.820. The number of rotatable bonds is 3. The average Bonchev–Trinajstić information content (AvgIpc) is 2.98. The van der Waals surface area contributed by atoms with E-state index in [1.54, 1.807) is 0 Å². The number of nitrogens with two attached hydrogens (primary N) is 1. The third kappa shape index (κ3) is 2.85. The maximum absolute atomic E-state index is 11.6. The van der Waals surface area contributed by atoms with E-state index in [4.69, 9.17) is 5.84 Å². The van der Waals surface area contributed by atoms with Crippen molar-refractivity contribution in [3.05, 3.63) is 0 Å². The zero-order valence-electron chi connectivity index (χ0n) is 9.15. The first-order valence-corrected chi connectivity index (χ1v) is 7.32. The number of aliphatic imine (C=N–C) groups is 1. The quantitative estimate of drug-likeness (QED) is 0.260. The van der Waals surface area contributed by atoms with Crippen molar-refractivity contribution in [2.75, 3.05) is 12.3 Å². The molecule has 7 heteroatoms. The van der Waals surface area contributed by atoms with Crippen LogP contribution < -0.4 is 16.6 Å². The highest BCUT2D eigenvalue weighted by Gasteiger charge is 2.31. The average molecular weight is 246 g/mol. The van der Waals surface area contributed by atoms with E-state index >= 15 is 0 Å². The first-order chi connectivity index (χ1) is 7.62. The SMILES string of the molecule is NNC(=NCC1CCCS1(=O)=O)NC1CC1. The summed E-state index contributed by atoms with van der Waals surface area (Å²) in [4.78, 5) is 4.19. The zero-order valence-corrected chi connectivity index (χ0v) is 9.96. The van der Waals surface area contributed by atoms with Crippen molar-refractivity contribution in [2.24, 2.45) is 10.8 Å². The van der Waals surface area contributed by atoms with E-state index in [-0.39, 0.29) is 5.25 Å². The Bertz CT molecular complexity index is 375. The third-order valence-electron chi connectivity index (χ3n) is 2.97. The van der Waals surface area contributed by atoms with Crippen molar-refractivity contribution in [3.8, 4) is 0 Å². The van der Waals surface area contributed by atoms with Gasteiger partial charge in [0.15, 0.2) is 9.84 Å². The molecule has 1 unspecified atom stereocenters. The number of nitrogens with zero attached hydrogens (tertiary/aromatic N) is 1. The number of nitrogens with one attached hydrogen (secondary N) is 2. The van der Waals surface area contributed by atoms with Crippen LogP contribution >= 0.6 is 0 Å². The van der Waals surface area contributed by atoms with E-state index in [0.717, 1.165) is 19.3 Å². The molecule has 4 N–H and O–H groups in total. The van der Waals surface area contributed by atoms with Crippen LogP contribution in [0.3, 0.4) is 0 Å². The molecule has 0 aromatic heterocycles. The van der Waals surface area contributed by atoms with E-state index in [1.807, 2.05) is 0 Å². The molecule has 1 saturated heterocycles. The maximum atomic E-state index is 11.6. The Morgan fingerprint density at radius 3 is 2.62 bits per heavy atom. The van der Waals surface area contributed by atoms with E-state index in [1.165, 1.54) is 0 Å². The van der Waals surface area contributed by atoms with Gasteiger partial charge >= 0.3 is 0 Å². The molecule has 2 rings (SSSR count). The van der Waals surface area contributed by atoms with Gasteiger partial charge in [-0.05, 0) is 25.7 Å². The van der Waals surface area contributed by atoms with Crippen LogP contribution in [0.2, 0.25) is 0 Å². The van der Waals surface area contributed by atoms with Crippen LogP contribution in [0.5, 0.6) is 0 Å². The van der Waals surface area contributed by atoms with Crippen LogP contribution in [0, 0.1) is 0 Å². The summed E-state index contributed by atoms with van der Waals surface area (Å²) in [5.41, 5.74) is 2.47. The molecular weight excluding hydrogens is 228 g/mol. The summed E-state index contributed by atoms with van der Waals surface area (Å²) in [6.07, 6.45) is 3.72. The van der Waals surface area contributed by atoms with Gasteiger partial charge in [0.25, 0.3) is 0 Å². The highest BCUT2D eigenvalue weighted by molar-refractivity contribution is 7.92. The van der Waals surface area contributed by atoms with Crippen LogP contribution in [0.1, 0.15) is 25.7 Å². The van der Waals surface area contributed by atoms with Crippen LogP contribution in [0.25, 0.3) is 0 Å². The molecule has 6 nitrogen and oxygen atoms in total. The lowest BCUT2D eigenvalue weighted by molar-refractivity contribution is 0.589. The van der Waals surface area contributed by atoms with Crippen LogP contribution in [-0.2, 0) is 9.84 Å². The minimum absolute atomic E-state index is 0.300. The molecule has 16 heavy (non-hydrogen) atoms. The Labute approximate surface area is 95.6 Å². The Kier molecular flexibility index (Phi) is 3.34. The zero-order chi connectivity index (χ0) is 11.6. The lowest BCUT2D eigenvalue weighted by atomic mass is 10.2. The monoisotopic (exact) mass is 246 g/mol. The molecule has 2 fully saturated rings. The molecule has 1 heterocycles. The Balaban J connectivity index is 1.90. The predicted molar refractivity (Wildman–Crippen MR) is 62.6 cm³/mol.